The largest absolute Gasteiger partial charge is 0.497 e. The molecule has 2 heteroatoms. The minimum atomic E-state index is 0.417. The van der Waals surface area contributed by atoms with E-state index in [4.69, 9.17) is 4.74 Å². The number of hydrogen-bond donors (Lipinski definition) is 1. The second kappa shape index (κ2) is 11.6. The van der Waals surface area contributed by atoms with Crippen molar-refractivity contribution in [3.63, 3.8) is 0 Å². The molecule has 0 heterocycles. The normalized spacial score (nSPS) is 12.3. The van der Waals surface area contributed by atoms with Crippen molar-refractivity contribution in [2.24, 2.45) is 0 Å². The van der Waals surface area contributed by atoms with Crippen LogP contribution >= 0.6 is 0 Å². The Morgan fingerprint density at radius 1 is 0.905 bits per heavy atom. The lowest BCUT2D eigenvalue weighted by Crippen LogP contribution is -2.19. The topological polar surface area (TPSA) is 21.3 Å². The zero-order chi connectivity index (χ0) is 15.3. The highest BCUT2D eigenvalue weighted by Gasteiger charge is 2.04. The third kappa shape index (κ3) is 8.11. The highest BCUT2D eigenvalue weighted by molar-refractivity contribution is 5.28. The fourth-order valence-electron chi connectivity index (χ4n) is 2.59. The number of unbranched alkanes of at least 4 members (excludes halogenated alkanes) is 7. The molecule has 1 N–H and O–H groups in total. The van der Waals surface area contributed by atoms with Crippen LogP contribution in [0.1, 0.15) is 76.8 Å². The summed E-state index contributed by atoms with van der Waals surface area (Å²) in [5.41, 5.74) is 1.33. The summed E-state index contributed by atoms with van der Waals surface area (Å²) in [6.45, 7) is 5.62. The van der Waals surface area contributed by atoms with Gasteiger partial charge in [0.25, 0.3) is 0 Å². The van der Waals surface area contributed by atoms with Gasteiger partial charge in [0.1, 0.15) is 5.75 Å². The van der Waals surface area contributed by atoms with Gasteiger partial charge in [-0.3, -0.25) is 0 Å². The molecule has 2 nitrogen and oxygen atoms in total. The molecule has 0 radical (unpaired) electrons. The van der Waals surface area contributed by atoms with Gasteiger partial charge in [0.15, 0.2) is 0 Å². The van der Waals surface area contributed by atoms with Gasteiger partial charge in [0.2, 0.25) is 0 Å². The van der Waals surface area contributed by atoms with Gasteiger partial charge >= 0.3 is 0 Å². The van der Waals surface area contributed by atoms with Crippen LogP contribution in [0.4, 0.5) is 0 Å². The highest BCUT2D eigenvalue weighted by Crippen LogP contribution is 2.17. The third-order valence-corrected chi connectivity index (χ3v) is 4.10. The van der Waals surface area contributed by atoms with E-state index in [0.717, 1.165) is 12.3 Å². The molecule has 0 aliphatic rings. The van der Waals surface area contributed by atoms with Gasteiger partial charge in [-0.1, -0.05) is 64.0 Å². The maximum absolute atomic E-state index is 5.19. The van der Waals surface area contributed by atoms with E-state index in [0.29, 0.717) is 6.04 Å². The Labute approximate surface area is 131 Å². The molecule has 21 heavy (non-hydrogen) atoms. The molecule has 0 bridgehead atoms. The summed E-state index contributed by atoms with van der Waals surface area (Å²) in [6, 6.07) is 8.77. The lowest BCUT2D eigenvalue weighted by Gasteiger charge is -2.14. The van der Waals surface area contributed by atoms with Crippen LogP contribution in [-0.4, -0.2) is 13.7 Å². The van der Waals surface area contributed by atoms with E-state index in [9.17, 15) is 0 Å². The van der Waals surface area contributed by atoms with Crippen LogP contribution in [-0.2, 0) is 0 Å². The number of nitrogens with one attached hydrogen (secondary N) is 1. The monoisotopic (exact) mass is 291 g/mol. The SMILES string of the molecule is CCCCCCCCCCNC(C)c1ccc(OC)cc1. The molecule has 1 aromatic rings. The fourth-order valence-corrected chi connectivity index (χ4v) is 2.59. The molecule has 0 aromatic heterocycles. The molecule has 0 spiro atoms. The van der Waals surface area contributed by atoms with Crippen LogP contribution < -0.4 is 10.1 Å². The van der Waals surface area contributed by atoms with Crippen LogP contribution in [0.2, 0.25) is 0 Å². The predicted octanol–water partition coefficient (Wildman–Crippen LogP) is 5.49. The summed E-state index contributed by atoms with van der Waals surface area (Å²) in [7, 11) is 1.71. The molecule has 0 fully saturated rings. The molecule has 0 saturated heterocycles. The highest BCUT2D eigenvalue weighted by atomic mass is 16.5. The van der Waals surface area contributed by atoms with Gasteiger partial charge in [-0.05, 0) is 37.6 Å². The van der Waals surface area contributed by atoms with E-state index in [1.165, 1.54) is 56.9 Å². The summed E-state index contributed by atoms with van der Waals surface area (Å²) in [6.07, 6.45) is 11.0. The van der Waals surface area contributed by atoms with Gasteiger partial charge in [-0.15, -0.1) is 0 Å². The van der Waals surface area contributed by atoms with Crippen LogP contribution in [0.15, 0.2) is 24.3 Å². The van der Waals surface area contributed by atoms with Gasteiger partial charge in [-0.2, -0.15) is 0 Å². The Bertz CT molecular complexity index is 347. The van der Waals surface area contributed by atoms with Gasteiger partial charge < -0.3 is 10.1 Å². The van der Waals surface area contributed by atoms with Crippen LogP contribution in [0, 0.1) is 0 Å². The van der Waals surface area contributed by atoms with E-state index >= 15 is 0 Å². The zero-order valence-electron chi connectivity index (χ0n) is 14.2. The number of rotatable bonds is 12. The lowest BCUT2D eigenvalue weighted by atomic mass is 10.1. The summed E-state index contributed by atoms with van der Waals surface area (Å²) in [5, 5.41) is 3.61. The van der Waals surface area contributed by atoms with Crippen molar-refractivity contribution < 1.29 is 4.74 Å². The van der Waals surface area contributed by atoms with Crippen molar-refractivity contribution in [2.45, 2.75) is 71.3 Å². The minimum Gasteiger partial charge on any atom is -0.497 e. The standard InChI is InChI=1S/C19H33NO/c1-4-5-6-7-8-9-10-11-16-20-17(2)18-12-14-19(21-3)15-13-18/h12-15,17,20H,4-11,16H2,1-3H3. The van der Waals surface area contributed by atoms with E-state index in [1.807, 2.05) is 12.1 Å². The number of hydrogen-bond acceptors (Lipinski definition) is 2. The molecule has 0 aliphatic carbocycles. The first-order chi connectivity index (χ1) is 10.3. The summed E-state index contributed by atoms with van der Waals surface area (Å²) in [4.78, 5) is 0. The van der Waals surface area contributed by atoms with Crippen molar-refractivity contribution in [3.05, 3.63) is 29.8 Å². The molecule has 0 aliphatic heterocycles. The van der Waals surface area contributed by atoms with Crippen molar-refractivity contribution in [1.29, 1.82) is 0 Å². The van der Waals surface area contributed by atoms with Crippen LogP contribution in [0.3, 0.4) is 0 Å². The van der Waals surface area contributed by atoms with E-state index in [2.05, 4.69) is 31.3 Å². The fraction of sp³-hybridized carbons (Fsp3) is 0.684. The number of methoxy groups -OCH3 is 1. The lowest BCUT2D eigenvalue weighted by molar-refractivity contribution is 0.414. The number of ether oxygens (including phenoxy) is 1. The van der Waals surface area contributed by atoms with E-state index in [1.54, 1.807) is 7.11 Å². The van der Waals surface area contributed by atoms with Crippen LogP contribution in [0.5, 0.6) is 5.75 Å². The van der Waals surface area contributed by atoms with Crippen molar-refractivity contribution in [2.75, 3.05) is 13.7 Å². The minimum absolute atomic E-state index is 0.417. The Morgan fingerprint density at radius 3 is 2.05 bits per heavy atom. The number of benzene rings is 1. The molecule has 1 rings (SSSR count). The van der Waals surface area contributed by atoms with E-state index < -0.39 is 0 Å². The molecule has 1 aromatic carbocycles. The van der Waals surface area contributed by atoms with Gasteiger partial charge in [0, 0.05) is 6.04 Å². The molecular weight excluding hydrogens is 258 g/mol. The van der Waals surface area contributed by atoms with E-state index in [-0.39, 0.29) is 0 Å². The maximum Gasteiger partial charge on any atom is 0.118 e. The first-order valence-corrected chi connectivity index (χ1v) is 8.65. The summed E-state index contributed by atoms with van der Waals surface area (Å²) >= 11 is 0. The first-order valence-electron chi connectivity index (χ1n) is 8.65. The predicted molar refractivity (Wildman–Crippen MR) is 92.0 cm³/mol. The van der Waals surface area contributed by atoms with Gasteiger partial charge in [-0.25, -0.2) is 0 Å². The molecule has 0 amide bonds. The summed E-state index contributed by atoms with van der Waals surface area (Å²) in [5.74, 6) is 0.925. The third-order valence-electron chi connectivity index (χ3n) is 4.10. The maximum atomic E-state index is 5.19. The quantitative estimate of drug-likeness (QED) is 0.514. The van der Waals surface area contributed by atoms with Crippen molar-refractivity contribution in [3.8, 4) is 5.75 Å². The Morgan fingerprint density at radius 2 is 1.48 bits per heavy atom. The Hall–Kier alpha value is -1.02. The Kier molecular flexibility index (Phi) is 9.98. The first kappa shape index (κ1) is 18.0. The van der Waals surface area contributed by atoms with Crippen LogP contribution in [0.25, 0.3) is 0 Å². The summed E-state index contributed by atoms with van der Waals surface area (Å²) < 4.78 is 5.19. The molecular formula is C19H33NO. The second-order valence-corrected chi connectivity index (χ2v) is 5.92. The average molecular weight is 291 g/mol. The van der Waals surface area contributed by atoms with Gasteiger partial charge in [0.05, 0.1) is 7.11 Å². The molecule has 1 atom stereocenters. The Balaban J connectivity index is 2.03. The van der Waals surface area contributed by atoms with Crippen molar-refractivity contribution >= 4 is 0 Å². The van der Waals surface area contributed by atoms with Crippen molar-refractivity contribution in [1.82, 2.24) is 5.32 Å². The molecule has 0 saturated carbocycles. The average Bonchev–Trinajstić information content (AvgIpc) is 2.53. The molecule has 120 valence electrons. The second-order valence-electron chi connectivity index (χ2n) is 5.92. The smallest absolute Gasteiger partial charge is 0.118 e. The zero-order valence-corrected chi connectivity index (χ0v) is 14.2. The molecule has 1 unspecified atom stereocenters.